The van der Waals surface area contributed by atoms with E-state index in [1.807, 2.05) is 6.07 Å². The summed E-state index contributed by atoms with van der Waals surface area (Å²) in [6.07, 6.45) is 3.49. The predicted octanol–water partition coefficient (Wildman–Crippen LogP) is 4.44. The summed E-state index contributed by atoms with van der Waals surface area (Å²) in [4.78, 5) is 23.5. The molecule has 28 heavy (non-hydrogen) atoms. The summed E-state index contributed by atoms with van der Waals surface area (Å²) in [6.45, 7) is 1.22. The zero-order chi connectivity index (χ0) is 19.5. The molecule has 1 aromatic heterocycles. The van der Waals surface area contributed by atoms with Crippen molar-refractivity contribution in [3.63, 3.8) is 0 Å². The van der Waals surface area contributed by atoms with Crippen molar-refractivity contribution in [2.75, 3.05) is 13.1 Å². The Morgan fingerprint density at radius 2 is 1.64 bits per heavy atom. The summed E-state index contributed by atoms with van der Waals surface area (Å²) >= 11 is 0. The Bertz CT molecular complexity index is 974. The van der Waals surface area contributed by atoms with Gasteiger partial charge >= 0.3 is 0 Å². The second-order valence-corrected chi connectivity index (χ2v) is 6.91. The topological polar surface area (TPSA) is 46.1 Å². The van der Waals surface area contributed by atoms with E-state index >= 15 is 0 Å². The monoisotopic (exact) mass is 379 g/mol. The number of carbonyl (C=O) groups is 1. The highest BCUT2D eigenvalue weighted by Crippen LogP contribution is 2.28. The Hall–Kier alpha value is -3.15. The van der Waals surface area contributed by atoms with Crippen molar-refractivity contribution in [2.45, 2.75) is 18.8 Å². The molecule has 1 aliphatic heterocycles. The van der Waals surface area contributed by atoms with Crippen LogP contribution in [-0.4, -0.2) is 33.9 Å². The minimum Gasteiger partial charge on any atom is -0.338 e. The number of aromatic nitrogens is 2. The molecule has 4 nitrogen and oxygen atoms in total. The van der Waals surface area contributed by atoms with Crippen molar-refractivity contribution >= 4 is 5.91 Å². The fraction of sp³-hybridized carbons (Fsp3) is 0.227. The van der Waals surface area contributed by atoms with Gasteiger partial charge in [-0.3, -0.25) is 4.79 Å². The fourth-order valence-corrected chi connectivity index (χ4v) is 3.52. The Balaban J connectivity index is 1.53. The third-order valence-electron chi connectivity index (χ3n) is 5.00. The van der Waals surface area contributed by atoms with Crippen molar-refractivity contribution in [1.82, 2.24) is 14.9 Å². The average molecular weight is 379 g/mol. The van der Waals surface area contributed by atoms with Crippen LogP contribution in [0.25, 0.3) is 11.4 Å². The number of likely N-dealkylation sites (tertiary alicyclic amines) is 1. The van der Waals surface area contributed by atoms with E-state index in [-0.39, 0.29) is 23.5 Å². The lowest BCUT2D eigenvalue weighted by Crippen LogP contribution is -2.39. The van der Waals surface area contributed by atoms with Gasteiger partial charge in [-0.15, -0.1) is 0 Å². The highest BCUT2D eigenvalue weighted by molar-refractivity contribution is 5.94. The van der Waals surface area contributed by atoms with Crippen LogP contribution in [0.5, 0.6) is 0 Å². The van der Waals surface area contributed by atoms with Crippen molar-refractivity contribution < 1.29 is 13.6 Å². The van der Waals surface area contributed by atoms with Crippen LogP contribution in [0.15, 0.2) is 60.8 Å². The van der Waals surface area contributed by atoms with Gasteiger partial charge in [0.25, 0.3) is 5.91 Å². The van der Waals surface area contributed by atoms with E-state index in [9.17, 15) is 13.6 Å². The van der Waals surface area contributed by atoms with Gasteiger partial charge in [0.15, 0.2) is 5.82 Å². The van der Waals surface area contributed by atoms with Gasteiger partial charge in [-0.1, -0.05) is 0 Å². The van der Waals surface area contributed by atoms with Crippen LogP contribution in [-0.2, 0) is 0 Å². The number of halogens is 2. The molecule has 1 fully saturated rings. The van der Waals surface area contributed by atoms with E-state index in [1.165, 1.54) is 36.4 Å². The summed E-state index contributed by atoms with van der Waals surface area (Å²) in [7, 11) is 0. The first-order valence-corrected chi connectivity index (χ1v) is 9.24. The van der Waals surface area contributed by atoms with Crippen LogP contribution < -0.4 is 0 Å². The van der Waals surface area contributed by atoms with Gasteiger partial charge in [-0.05, 0) is 67.4 Å². The number of benzene rings is 2. The summed E-state index contributed by atoms with van der Waals surface area (Å²) < 4.78 is 26.3. The number of carbonyl (C=O) groups excluding carboxylic acids is 1. The molecule has 1 aliphatic rings. The normalized spacial score (nSPS) is 16.8. The van der Waals surface area contributed by atoms with Crippen LogP contribution in [0.3, 0.4) is 0 Å². The fourth-order valence-electron chi connectivity index (χ4n) is 3.52. The molecule has 0 N–H and O–H groups in total. The van der Waals surface area contributed by atoms with E-state index < -0.39 is 0 Å². The first-order valence-electron chi connectivity index (χ1n) is 9.24. The first kappa shape index (κ1) is 18.2. The molecule has 0 bridgehead atoms. The van der Waals surface area contributed by atoms with Crippen LogP contribution in [0.1, 0.15) is 34.8 Å². The molecule has 1 saturated heterocycles. The number of rotatable bonds is 3. The molecule has 0 spiro atoms. The SMILES string of the molecule is O=C(c1ccc(F)cc1)N1CCC[C@H](c2ccnc(-c3ccc(F)cc3)n2)C1. The molecular weight excluding hydrogens is 360 g/mol. The van der Waals surface area contributed by atoms with E-state index in [4.69, 9.17) is 0 Å². The average Bonchev–Trinajstić information content (AvgIpc) is 2.74. The van der Waals surface area contributed by atoms with Gasteiger partial charge in [0, 0.05) is 42.0 Å². The number of nitrogens with zero attached hydrogens (tertiary/aromatic N) is 3. The smallest absolute Gasteiger partial charge is 0.253 e. The van der Waals surface area contributed by atoms with E-state index in [2.05, 4.69) is 9.97 Å². The maximum Gasteiger partial charge on any atom is 0.253 e. The summed E-state index contributed by atoms with van der Waals surface area (Å²) in [5.74, 6) is -0.123. The largest absolute Gasteiger partial charge is 0.338 e. The first-order chi connectivity index (χ1) is 13.6. The zero-order valence-corrected chi connectivity index (χ0v) is 15.2. The maximum absolute atomic E-state index is 13.2. The lowest BCUT2D eigenvalue weighted by molar-refractivity contribution is 0.0706. The molecule has 0 radical (unpaired) electrons. The van der Waals surface area contributed by atoms with Crippen molar-refractivity contribution in [1.29, 1.82) is 0 Å². The molecule has 4 rings (SSSR count). The number of amides is 1. The molecule has 6 heteroatoms. The third kappa shape index (κ3) is 3.91. The van der Waals surface area contributed by atoms with Crippen LogP contribution in [0.2, 0.25) is 0 Å². The van der Waals surface area contributed by atoms with Gasteiger partial charge in [0.2, 0.25) is 0 Å². The second-order valence-electron chi connectivity index (χ2n) is 6.91. The molecule has 0 unspecified atom stereocenters. The predicted molar refractivity (Wildman–Crippen MR) is 102 cm³/mol. The lowest BCUT2D eigenvalue weighted by atomic mass is 9.94. The summed E-state index contributed by atoms with van der Waals surface area (Å²) in [5, 5.41) is 0. The van der Waals surface area contributed by atoms with Crippen LogP contribution in [0.4, 0.5) is 8.78 Å². The highest BCUT2D eigenvalue weighted by Gasteiger charge is 2.26. The van der Waals surface area contributed by atoms with E-state index in [0.717, 1.165) is 24.1 Å². The van der Waals surface area contributed by atoms with Crippen LogP contribution >= 0.6 is 0 Å². The van der Waals surface area contributed by atoms with Gasteiger partial charge in [0.05, 0.1) is 0 Å². The Labute approximate surface area is 161 Å². The molecular formula is C22H19F2N3O. The Morgan fingerprint density at radius 1 is 0.964 bits per heavy atom. The van der Waals surface area contributed by atoms with E-state index in [0.29, 0.717) is 24.5 Å². The summed E-state index contributed by atoms with van der Waals surface area (Å²) in [5.41, 5.74) is 2.10. The maximum atomic E-state index is 13.2. The molecule has 142 valence electrons. The number of piperidine rings is 1. The van der Waals surface area contributed by atoms with Gasteiger partial charge < -0.3 is 4.90 Å². The molecule has 2 aromatic carbocycles. The molecule has 1 atom stereocenters. The minimum absolute atomic E-state index is 0.0975. The van der Waals surface area contributed by atoms with Gasteiger partial charge in [-0.2, -0.15) is 0 Å². The Morgan fingerprint density at radius 3 is 2.36 bits per heavy atom. The van der Waals surface area contributed by atoms with Crippen molar-refractivity contribution in [3.8, 4) is 11.4 Å². The third-order valence-corrected chi connectivity index (χ3v) is 5.00. The van der Waals surface area contributed by atoms with Gasteiger partial charge in [-0.25, -0.2) is 18.7 Å². The molecule has 3 aromatic rings. The minimum atomic E-state index is -0.359. The summed E-state index contributed by atoms with van der Waals surface area (Å²) in [6, 6.07) is 13.6. The standard InChI is InChI=1S/C22H19F2N3O/c23-18-7-3-15(4-8-18)21-25-12-11-20(26-21)17-2-1-13-27(14-17)22(28)16-5-9-19(24)10-6-16/h3-12,17H,1-2,13-14H2/t17-/m0/s1. The molecule has 1 amide bonds. The lowest BCUT2D eigenvalue weighted by Gasteiger charge is -2.32. The van der Waals surface area contributed by atoms with Crippen molar-refractivity contribution in [3.05, 3.63) is 83.7 Å². The quantitative estimate of drug-likeness (QED) is 0.676. The van der Waals surface area contributed by atoms with Crippen molar-refractivity contribution in [2.24, 2.45) is 0 Å². The number of hydrogen-bond acceptors (Lipinski definition) is 3. The second kappa shape index (κ2) is 7.84. The molecule has 0 saturated carbocycles. The number of hydrogen-bond donors (Lipinski definition) is 0. The molecule has 0 aliphatic carbocycles. The molecule has 2 heterocycles. The Kier molecular flexibility index (Phi) is 5.10. The van der Waals surface area contributed by atoms with E-state index in [1.54, 1.807) is 23.2 Å². The van der Waals surface area contributed by atoms with Crippen LogP contribution in [0, 0.1) is 11.6 Å². The highest BCUT2D eigenvalue weighted by atomic mass is 19.1. The zero-order valence-electron chi connectivity index (χ0n) is 15.2. The van der Waals surface area contributed by atoms with Gasteiger partial charge in [0.1, 0.15) is 11.6 Å².